The highest BCUT2D eigenvalue weighted by atomic mass is 19.4. The number of ether oxygens (including phenoxy) is 2. The summed E-state index contributed by atoms with van der Waals surface area (Å²) >= 11 is 0. The molecular formula is C21H20F7N3O5. The van der Waals surface area contributed by atoms with Crippen molar-refractivity contribution < 1.29 is 54.9 Å². The lowest BCUT2D eigenvalue weighted by molar-refractivity contribution is -0.308. The van der Waals surface area contributed by atoms with E-state index in [0.29, 0.717) is 17.7 Å². The van der Waals surface area contributed by atoms with Crippen molar-refractivity contribution in [3.63, 3.8) is 0 Å². The first-order valence-corrected chi connectivity index (χ1v) is 10.5. The Kier molecular flexibility index (Phi) is 7.58. The van der Waals surface area contributed by atoms with Gasteiger partial charge in [-0.1, -0.05) is 0 Å². The summed E-state index contributed by atoms with van der Waals surface area (Å²) in [6.07, 6.45) is -16.9. The van der Waals surface area contributed by atoms with Crippen molar-refractivity contribution in [3.05, 3.63) is 34.9 Å². The van der Waals surface area contributed by atoms with Crippen molar-refractivity contribution in [1.82, 2.24) is 9.80 Å². The Morgan fingerprint density at radius 3 is 2.14 bits per heavy atom. The third-order valence-electron chi connectivity index (χ3n) is 5.87. The number of alkyl halides is 6. The van der Waals surface area contributed by atoms with Gasteiger partial charge in [-0.15, -0.1) is 0 Å². The van der Waals surface area contributed by atoms with E-state index in [1.54, 1.807) is 4.90 Å². The van der Waals surface area contributed by atoms with Gasteiger partial charge in [0.1, 0.15) is 23.6 Å². The number of piperazine rings is 1. The fourth-order valence-corrected chi connectivity index (χ4v) is 3.61. The molecule has 2 fully saturated rings. The van der Waals surface area contributed by atoms with Crippen LogP contribution in [0.1, 0.15) is 18.4 Å². The van der Waals surface area contributed by atoms with Gasteiger partial charge < -0.3 is 19.5 Å². The van der Waals surface area contributed by atoms with E-state index in [2.05, 4.69) is 9.58 Å². The molecule has 0 spiro atoms. The molecule has 3 rings (SSSR count). The Morgan fingerprint density at radius 1 is 1.08 bits per heavy atom. The summed E-state index contributed by atoms with van der Waals surface area (Å²) in [7, 11) is 0. The Balaban J connectivity index is 1.65. The molecule has 0 radical (unpaired) electrons. The van der Waals surface area contributed by atoms with E-state index in [1.807, 2.05) is 0 Å². The van der Waals surface area contributed by atoms with Crippen LogP contribution >= 0.6 is 0 Å². The SMILES string of the molecule is [C-]#[N+]c1cc(F)cc(CN2CCN(C(=O)OC(C(F)(F)F)C(F)(F)F)CC2)c1OCC1(C(=O)O)CC1. The normalized spacial score (nSPS) is 18.0. The first-order valence-electron chi connectivity index (χ1n) is 10.5. The number of carboxylic acid groups (broad SMARTS) is 1. The zero-order valence-electron chi connectivity index (χ0n) is 18.5. The number of carbonyl (C=O) groups excluding carboxylic acids is 1. The van der Waals surface area contributed by atoms with Crippen LogP contribution in [0, 0.1) is 17.8 Å². The minimum absolute atomic E-state index is 0.0137. The molecule has 198 valence electrons. The molecule has 8 nitrogen and oxygen atoms in total. The number of rotatable bonds is 7. The molecule has 1 N–H and O–H groups in total. The van der Waals surface area contributed by atoms with Crippen LogP contribution in [0.25, 0.3) is 4.85 Å². The monoisotopic (exact) mass is 527 g/mol. The summed E-state index contributed by atoms with van der Waals surface area (Å²) in [6, 6.07) is 2.01. The van der Waals surface area contributed by atoms with Gasteiger partial charge in [-0.2, -0.15) is 26.3 Å². The maximum atomic E-state index is 14.1. The van der Waals surface area contributed by atoms with Crippen LogP contribution < -0.4 is 4.74 Å². The standard InChI is InChI=1S/C21H20F7N3O5/c1-29-14-9-13(22)8-12(15(14)35-11-19(2-3-19)17(32)33)10-30-4-6-31(7-5-30)18(34)36-16(20(23,24)25)21(26,27)28/h8-9,16H,2-7,10-11H2,(H,32,33). The van der Waals surface area contributed by atoms with Crippen LogP contribution in [0.3, 0.4) is 0 Å². The van der Waals surface area contributed by atoms with Crippen molar-refractivity contribution in [3.8, 4) is 5.75 Å². The second-order valence-corrected chi connectivity index (χ2v) is 8.51. The molecule has 0 aromatic heterocycles. The summed E-state index contributed by atoms with van der Waals surface area (Å²) in [5.74, 6) is -1.83. The lowest BCUT2D eigenvalue weighted by atomic mass is 10.1. The molecular weight excluding hydrogens is 507 g/mol. The Labute approximate surface area is 200 Å². The lowest BCUT2D eigenvalue weighted by Crippen LogP contribution is -2.52. The quantitative estimate of drug-likeness (QED) is 0.419. The largest absolute Gasteiger partial charge is 0.503 e. The van der Waals surface area contributed by atoms with Crippen LogP contribution in [0.15, 0.2) is 12.1 Å². The second-order valence-electron chi connectivity index (χ2n) is 8.51. The van der Waals surface area contributed by atoms with Crippen LogP contribution in [-0.4, -0.2) is 78.2 Å². The van der Waals surface area contributed by atoms with Crippen molar-refractivity contribution in [2.24, 2.45) is 5.41 Å². The van der Waals surface area contributed by atoms with Crippen LogP contribution in [0.5, 0.6) is 5.75 Å². The molecule has 1 saturated heterocycles. The molecule has 1 aliphatic heterocycles. The van der Waals surface area contributed by atoms with Gasteiger partial charge in [-0.05, 0) is 25.0 Å². The minimum Gasteiger partial charge on any atom is -0.503 e. The number of benzene rings is 1. The number of hydrogen-bond donors (Lipinski definition) is 1. The predicted molar refractivity (Wildman–Crippen MR) is 107 cm³/mol. The highest BCUT2D eigenvalue weighted by Gasteiger charge is 2.60. The van der Waals surface area contributed by atoms with Crippen molar-refractivity contribution in [2.45, 2.75) is 37.8 Å². The number of aliphatic carboxylic acids is 1. The van der Waals surface area contributed by atoms with Gasteiger partial charge in [0.05, 0.1) is 6.57 Å². The van der Waals surface area contributed by atoms with E-state index >= 15 is 0 Å². The molecule has 0 unspecified atom stereocenters. The average Bonchev–Trinajstić information content (AvgIpc) is 3.56. The van der Waals surface area contributed by atoms with E-state index in [4.69, 9.17) is 11.3 Å². The first-order chi connectivity index (χ1) is 16.7. The summed E-state index contributed by atoms with van der Waals surface area (Å²) in [5.41, 5.74) is -1.06. The Bertz CT molecular complexity index is 1030. The predicted octanol–water partition coefficient (Wildman–Crippen LogP) is 4.37. The molecule has 1 saturated carbocycles. The highest BCUT2D eigenvalue weighted by Crippen LogP contribution is 2.47. The molecule has 1 aliphatic carbocycles. The smallest absolute Gasteiger partial charge is 0.434 e. The molecule has 1 aromatic carbocycles. The van der Waals surface area contributed by atoms with Crippen LogP contribution in [0.4, 0.5) is 41.2 Å². The van der Waals surface area contributed by atoms with Gasteiger partial charge in [-0.25, -0.2) is 14.0 Å². The van der Waals surface area contributed by atoms with E-state index in [1.165, 1.54) is 0 Å². The van der Waals surface area contributed by atoms with Gasteiger partial charge in [0.2, 0.25) is 5.69 Å². The molecule has 15 heteroatoms. The van der Waals surface area contributed by atoms with Crippen LogP contribution in [0.2, 0.25) is 0 Å². The van der Waals surface area contributed by atoms with Gasteiger partial charge in [-0.3, -0.25) is 9.69 Å². The third-order valence-corrected chi connectivity index (χ3v) is 5.87. The van der Waals surface area contributed by atoms with E-state index in [-0.39, 0.29) is 56.3 Å². The zero-order valence-corrected chi connectivity index (χ0v) is 18.5. The maximum absolute atomic E-state index is 14.1. The van der Waals surface area contributed by atoms with Crippen molar-refractivity contribution in [2.75, 3.05) is 32.8 Å². The minimum atomic E-state index is -5.83. The summed E-state index contributed by atoms with van der Waals surface area (Å²) in [5, 5.41) is 9.32. The van der Waals surface area contributed by atoms with Crippen molar-refractivity contribution in [1.29, 1.82) is 0 Å². The molecule has 36 heavy (non-hydrogen) atoms. The Morgan fingerprint density at radius 2 is 1.67 bits per heavy atom. The van der Waals surface area contributed by atoms with E-state index in [9.17, 15) is 45.4 Å². The van der Waals surface area contributed by atoms with Crippen molar-refractivity contribution >= 4 is 17.7 Å². The maximum Gasteiger partial charge on any atom is 0.434 e. The zero-order chi connectivity index (χ0) is 26.9. The van der Waals surface area contributed by atoms with Gasteiger partial charge in [0, 0.05) is 38.3 Å². The third kappa shape index (κ3) is 6.28. The molecule has 0 atom stereocenters. The Hall–Kier alpha value is -3.28. The number of amides is 1. The number of carboxylic acids is 1. The van der Waals surface area contributed by atoms with Gasteiger partial charge in [0.25, 0.3) is 6.10 Å². The molecule has 1 heterocycles. The number of nitrogens with zero attached hydrogens (tertiary/aromatic N) is 3. The number of halogens is 7. The first kappa shape index (κ1) is 27.3. The molecule has 1 aromatic rings. The topological polar surface area (TPSA) is 83.7 Å². The van der Waals surface area contributed by atoms with Gasteiger partial charge in [0.15, 0.2) is 0 Å². The highest BCUT2D eigenvalue weighted by molar-refractivity contribution is 5.78. The fraction of sp³-hybridized carbons (Fsp3) is 0.571. The molecule has 2 aliphatic rings. The number of carbonyl (C=O) groups is 2. The molecule has 1 amide bonds. The fourth-order valence-electron chi connectivity index (χ4n) is 3.61. The van der Waals surface area contributed by atoms with Crippen LogP contribution in [-0.2, 0) is 16.1 Å². The van der Waals surface area contributed by atoms with E-state index < -0.39 is 41.8 Å². The summed E-state index contributed by atoms with van der Waals surface area (Å²) < 4.78 is 99.3. The molecule has 0 bridgehead atoms. The van der Waals surface area contributed by atoms with Gasteiger partial charge >= 0.3 is 24.4 Å². The summed E-state index contributed by atoms with van der Waals surface area (Å²) in [6.45, 7) is 6.44. The average molecular weight is 527 g/mol. The second kappa shape index (κ2) is 10.00. The lowest BCUT2D eigenvalue weighted by Gasteiger charge is -2.35. The summed E-state index contributed by atoms with van der Waals surface area (Å²) in [4.78, 5) is 28.9. The number of hydrogen-bond acceptors (Lipinski definition) is 5. The van der Waals surface area contributed by atoms with E-state index in [0.717, 1.165) is 12.1 Å².